The second-order valence-corrected chi connectivity index (χ2v) is 5.17. The molecule has 1 aliphatic rings. The van der Waals surface area contributed by atoms with Gasteiger partial charge in [-0.15, -0.1) is 0 Å². The molecule has 1 saturated heterocycles. The van der Waals surface area contributed by atoms with Gasteiger partial charge in [-0.25, -0.2) is 0 Å². The number of aromatic nitrogens is 1. The van der Waals surface area contributed by atoms with Crippen molar-refractivity contribution in [2.24, 2.45) is 0 Å². The zero-order valence-corrected chi connectivity index (χ0v) is 11.6. The van der Waals surface area contributed by atoms with Crippen molar-refractivity contribution in [1.82, 2.24) is 10.3 Å². The van der Waals surface area contributed by atoms with Crippen molar-refractivity contribution in [3.63, 3.8) is 0 Å². The summed E-state index contributed by atoms with van der Waals surface area (Å²) in [7, 11) is 0. The molecule has 0 bridgehead atoms. The van der Waals surface area contributed by atoms with E-state index in [1.165, 1.54) is 37.5 Å². The molecule has 1 aromatic carbocycles. The highest BCUT2D eigenvalue weighted by molar-refractivity contribution is 5.75. The number of nitrogens with one attached hydrogen (secondary N) is 1. The van der Waals surface area contributed by atoms with E-state index >= 15 is 0 Å². The molecule has 0 amide bonds. The first-order chi connectivity index (χ1) is 10.2. The lowest BCUT2D eigenvalue weighted by molar-refractivity contribution is -0.384. The van der Waals surface area contributed by atoms with Gasteiger partial charge < -0.3 is 14.5 Å². The van der Waals surface area contributed by atoms with Gasteiger partial charge in [0.1, 0.15) is 5.52 Å². The third kappa shape index (κ3) is 3.30. The molecule has 0 aliphatic carbocycles. The normalized spacial score (nSPS) is 18.8. The van der Waals surface area contributed by atoms with Crippen molar-refractivity contribution in [3.05, 3.63) is 28.3 Å². The van der Waals surface area contributed by atoms with Gasteiger partial charge in [0, 0.05) is 18.2 Å². The molecule has 3 rings (SSSR count). The zero-order valence-electron chi connectivity index (χ0n) is 11.6. The maximum Gasteiger partial charge on any atom is 0.394 e. The average molecular weight is 291 g/mol. The molecule has 21 heavy (non-hydrogen) atoms. The maximum absolute atomic E-state index is 10.7. The fourth-order valence-electron chi connectivity index (χ4n) is 2.53. The Hall–Kier alpha value is -2.15. The quantitative estimate of drug-likeness (QED) is 0.672. The SMILES string of the molecule is O=[N+]([O-])c1ccc2oc(OCC[C@H]3CCCCN3)nc2c1. The van der Waals surface area contributed by atoms with Gasteiger partial charge >= 0.3 is 6.08 Å². The largest absolute Gasteiger partial charge is 0.450 e. The van der Waals surface area contributed by atoms with Crippen LogP contribution in [0.1, 0.15) is 25.7 Å². The summed E-state index contributed by atoms with van der Waals surface area (Å²) in [4.78, 5) is 14.4. The van der Waals surface area contributed by atoms with E-state index in [1.54, 1.807) is 0 Å². The summed E-state index contributed by atoms with van der Waals surface area (Å²) in [5, 5.41) is 14.2. The molecule has 1 fully saturated rings. The lowest BCUT2D eigenvalue weighted by atomic mass is 10.0. The highest BCUT2D eigenvalue weighted by Gasteiger charge is 2.14. The Labute approximate surface area is 121 Å². The molecular formula is C14H17N3O4. The number of hydrogen-bond acceptors (Lipinski definition) is 6. The third-order valence-electron chi connectivity index (χ3n) is 3.67. The van der Waals surface area contributed by atoms with E-state index in [9.17, 15) is 10.1 Å². The van der Waals surface area contributed by atoms with E-state index in [-0.39, 0.29) is 11.8 Å². The Balaban J connectivity index is 1.60. The van der Waals surface area contributed by atoms with Crippen molar-refractivity contribution in [2.75, 3.05) is 13.2 Å². The predicted octanol–water partition coefficient (Wildman–Crippen LogP) is 2.65. The summed E-state index contributed by atoms with van der Waals surface area (Å²) >= 11 is 0. The van der Waals surface area contributed by atoms with Crippen LogP contribution in [0.25, 0.3) is 11.1 Å². The Morgan fingerprint density at radius 3 is 3.14 bits per heavy atom. The number of ether oxygens (including phenoxy) is 1. The van der Waals surface area contributed by atoms with Crippen LogP contribution in [0.4, 0.5) is 5.69 Å². The Kier molecular flexibility index (Phi) is 4.01. The fraction of sp³-hybridized carbons (Fsp3) is 0.500. The minimum Gasteiger partial charge on any atom is -0.450 e. The smallest absolute Gasteiger partial charge is 0.394 e. The van der Waals surface area contributed by atoms with Crippen LogP contribution in [-0.2, 0) is 0 Å². The first-order valence-electron chi connectivity index (χ1n) is 7.13. The summed E-state index contributed by atoms with van der Waals surface area (Å²) in [6.07, 6.45) is 4.73. The van der Waals surface area contributed by atoms with Gasteiger partial charge in [-0.3, -0.25) is 10.1 Å². The highest BCUT2D eigenvalue weighted by Crippen LogP contribution is 2.24. The van der Waals surface area contributed by atoms with Crippen LogP contribution in [0.3, 0.4) is 0 Å². The molecule has 0 unspecified atom stereocenters. The van der Waals surface area contributed by atoms with Crippen molar-refractivity contribution in [3.8, 4) is 6.08 Å². The molecule has 2 heterocycles. The van der Waals surface area contributed by atoms with Crippen LogP contribution in [0.15, 0.2) is 22.6 Å². The summed E-state index contributed by atoms with van der Waals surface area (Å²) in [6, 6.07) is 4.80. The molecule has 7 nitrogen and oxygen atoms in total. The summed E-state index contributed by atoms with van der Waals surface area (Å²) in [5.41, 5.74) is 0.926. The molecule has 2 aromatic rings. The number of non-ortho nitro benzene ring substituents is 1. The molecule has 112 valence electrons. The first kappa shape index (κ1) is 13.8. The molecular weight excluding hydrogens is 274 g/mol. The minimum atomic E-state index is -0.455. The van der Waals surface area contributed by atoms with E-state index in [4.69, 9.17) is 9.15 Å². The van der Waals surface area contributed by atoms with E-state index in [1.807, 2.05) is 0 Å². The van der Waals surface area contributed by atoms with Gasteiger partial charge in [-0.05, 0) is 31.9 Å². The first-order valence-corrected chi connectivity index (χ1v) is 7.13. The van der Waals surface area contributed by atoms with Crippen LogP contribution in [0.5, 0.6) is 6.08 Å². The Bertz CT molecular complexity index is 634. The summed E-state index contributed by atoms with van der Waals surface area (Å²) < 4.78 is 10.9. The number of fused-ring (bicyclic) bond motifs is 1. The number of hydrogen-bond donors (Lipinski definition) is 1. The molecule has 1 aliphatic heterocycles. The van der Waals surface area contributed by atoms with E-state index in [0.29, 0.717) is 23.7 Å². The molecule has 0 saturated carbocycles. The second-order valence-electron chi connectivity index (χ2n) is 5.17. The standard InChI is InChI=1S/C14H17N3O4/c18-17(19)11-4-5-13-12(9-11)16-14(21-13)20-8-6-10-3-1-2-7-15-10/h4-5,9-10,15H,1-3,6-8H2/t10-/m1/s1. The van der Waals surface area contributed by atoms with Gasteiger partial charge in [-0.2, -0.15) is 4.98 Å². The Morgan fingerprint density at radius 1 is 1.48 bits per heavy atom. The van der Waals surface area contributed by atoms with Crippen LogP contribution >= 0.6 is 0 Å². The summed E-state index contributed by atoms with van der Waals surface area (Å²) in [6.45, 7) is 1.59. The van der Waals surface area contributed by atoms with Crippen LogP contribution in [-0.4, -0.2) is 29.1 Å². The second kappa shape index (κ2) is 6.09. The minimum absolute atomic E-state index is 0.00578. The van der Waals surface area contributed by atoms with Gasteiger partial charge in [0.05, 0.1) is 11.5 Å². The lowest BCUT2D eigenvalue weighted by Gasteiger charge is -2.22. The maximum atomic E-state index is 10.7. The molecule has 0 radical (unpaired) electrons. The van der Waals surface area contributed by atoms with Crippen molar-refractivity contribution < 1.29 is 14.1 Å². The summed E-state index contributed by atoms with van der Waals surface area (Å²) in [5.74, 6) is 0. The van der Waals surface area contributed by atoms with Crippen LogP contribution in [0, 0.1) is 10.1 Å². The van der Waals surface area contributed by atoms with Gasteiger partial charge in [0.25, 0.3) is 5.69 Å². The van der Waals surface area contributed by atoms with Gasteiger partial charge in [0.15, 0.2) is 5.58 Å². The number of piperidine rings is 1. The van der Waals surface area contributed by atoms with Gasteiger partial charge in [-0.1, -0.05) is 6.42 Å². The molecule has 0 spiro atoms. The molecule has 1 aromatic heterocycles. The molecule has 1 N–H and O–H groups in total. The highest BCUT2D eigenvalue weighted by atomic mass is 16.6. The fourth-order valence-corrected chi connectivity index (χ4v) is 2.53. The monoisotopic (exact) mass is 291 g/mol. The zero-order chi connectivity index (χ0) is 14.7. The van der Waals surface area contributed by atoms with Crippen LogP contribution < -0.4 is 10.1 Å². The number of oxazole rings is 1. The van der Waals surface area contributed by atoms with Gasteiger partial charge in [0.2, 0.25) is 0 Å². The topological polar surface area (TPSA) is 90.4 Å². The number of benzene rings is 1. The lowest BCUT2D eigenvalue weighted by Crippen LogP contribution is -2.35. The number of nitro benzene ring substituents is 1. The van der Waals surface area contributed by atoms with Crippen molar-refractivity contribution in [1.29, 1.82) is 0 Å². The van der Waals surface area contributed by atoms with E-state index in [0.717, 1.165) is 13.0 Å². The molecule has 1 atom stereocenters. The average Bonchev–Trinajstić information content (AvgIpc) is 2.90. The Morgan fingerprint density at radius 2 is 2.38 bits per heavy atom. The third-order valence-corrected chi connectivity index (χ3v) is 3.67. The van der Waals surface area contributed by atoms with Crippen LogP contribution in [0.2, 0.25) is 0 Å². The van der Waals surface area contributed by atoms with Crippen molar-refractivity contribution in [2.45, 2.75) is 31.7 Å². The van der Waals surface area contributed by atoms with E-state index in [2.05, 4.69) is 10.3 Å². The van der Waals surface area contributed by atoms with E-state index < -0.39 is 4.92 Å². The predicted molar refractivity (Wildman–Crippen MR) is 76.4 cm³/mol. The number of rotatable bonds is 5. The number of nitrogens with zero attached hydrogens (tertiary/aromatic N) is 2. The molecule has 7 heteroatoms. The van der Waals surface area contributed by atoms with Crippen molar-refractivity contribution >= 4 is 16.8 Å². The number of nitro groups is 1.